The molecule has 0 spiro atoms. The molecule has 0 aliphatic carbocycles. The lowest BCUT2D eigenvalue weighted by Crippen LogP contribution is -2.35. The minimum atomic E-state index is -4.76. The van der Waals surface area contributed by atoms with Gasteiger partial charge in [-0.15, -0.1) is 13.2 Å². The molecule has 2 N–H and O–H groups in total. The normalized spacial score (nSPS) is 13.3. The van der Waals surface area contributed by atoms with Gasteiger partial charge in [-0.3, -0.25) is 0 Å². The van der Waals surface area contributed by atoms with E-state index in [1.807, 2.05) is 0 Å². The summed E-state index contributed by atoms with van der Waals surface area (Å²) < 4.78 is 45.3. The Kier molecular flexibility index (Phi) is 6.26. The zero-order chi connectivity index (χ0) is 17.7. The SMILES string of the molecule is CC(C)(C)OC(=O)N[C@H](CCO)c1ccc(OC(F)(F)F)cc1. The predicted octanol–water partition coefficient (Wildman–Crippen LogP) is 3.53. The number of carbonyl (C=O) groups excluding carboxylic acids is 1. The molecule has 0 unspecified atom stereocenters. The predicted molar refractivity (Wildman–Crippen MR) is 76.9 cm³/mol. The van der Waals surface area contributed by atoms with Crippen molar-refractivity contribution in [3.8, 4) is 5.75 Å². The van der Waals surface area contributed by atoms with Gasteiger partial charge in [-0.25, -0.2) is 4.79 Å². The monoisotopic (exact) mass is 335 g/mol. The number of benzene rings is 1. The number of hydrogen-bond donors (Lipinski definition) is 2. The van der Waals surface area contributed by atoms with Gasteiger partial charge >= 0.3 is 12.5 Å². The molecule has 0 radical (unpaired) electrons. The first-order valence-electron chi connectivity index (χ1n) is 6.96. The van der Waals surface area contributed by atoms with Crippen LogP contribution in [0.15, 0.2) is 24.3 Å². The molecule has 0 aromatic heterocycles. The van der Waals surface area contributed by atoms with Gasteiger partial charge in [0.05, 0.1) is 6.04 Å². The van der Waals surface area contributed by atoms with Gasteiger partial charge in [0.15, 0.2) is 0 Å². The highest BCUT2D eigenvalue weighted by molar-refractivity contribution is 5.68. The second kappa shape index (κ2) is 7.54. The van der Waals surface area contributed by atoms with Crippen molar-refractivity contribution in [2.75, 3.05) is 6.61 Å². The van der Waals surface area contributed by atoms with E-state index in [1.165, 1.54) is 12.1 Å². The van der Waals surface area contributed by atoms with Crippen LogP contribution in [-0.4, -0.2) is 29.8 Å². The summed E-state index contributed by atoms with van der Waals surface area (Å²) in [6.45, 7) is 4.91. The Hall–Kier alpha value is -1.96. The second-order valence-electron chi connectivity index (χ2n) is 5.83. The number of aliphatic hydroxyl groups excluding tert-OH is 1. The van der Waals surface area contributed by atoms with Gasteiger partial charge in [0, 0.05) is 6.61 Å². The van der Waals surface area contributed by atoms with Crippen molar-refractivity contribution in [3.63, 3.8) is 0 Å². The summed E-state index contributed by atoms with van der Waals surface area (Å²) >= 11 is 0. The molecule has 0 saturated carbocycles. The molecule has 1 amide bonds. The van der Waals surface area contributed by atoms with Crippen LogP contribution in [0.4, 0.5) is 18.0 Å². The van der Waals surface area contributed by atoms with E-state index in [0.717, 1.165) is 12.1 Å². The van der Waals surface area contributed by atoms with Gasteiger partial charge in [-0.2, -0.15) is 0 Å². The Morgan fingerprint density at radius 3 is 2.22 bits per heavy atom. The van der Waals surface area contributed by atoms with Gasteiger partial charge < -0.3 is 19.9 Å². The number of nitrogens with one attached hydrogen (secondary N) is 1. The topological polar surface area (TPSA) is 67.8 Å². The number of rotatable bonds is 5. The maximum Gasteiger partial charge on any atom is 0.573 e. The largest absolute Gasteiger partial charge is 0.573 e. The van der Waals surface area contributed by atoms with Crippen molar-refractivity contribution in [2.45, 2.75) is 45.2 Å². The maximum absolute atomic E-state index is 12.1. The molecule has 1 rings (SSSR count). The molecular formula is C15H20F3NO4. The summed E-state index contributed by atoms with van der Waals surface area (Å²) in [5.41, 5.74) is -0.155. The lowest BCUT2D eigenvalue weighted by molar-refractivity contribution is -0.274. The summed E-state index contributed by atoms with van der Waals surface area (Å²) in [6, 6.07) is 4.47. The molecule has 0 aliphatic rings. The minimum Gasteiger partial charge on any atom is -0.444 e. The van der Waals surface area contributed by atoms with E-state index in [9.17, 15) is 18.0 Å². The van der Waals surface area contributed by atoms with Crippen LogP contribution in [0.1, 0.15) is 38.8 Å². The third-order valence-electron chi connectivity index (χ3n) is 2.62. The van der Waals surface area contributed by atoms with Crippen molar-refractivity contribution in [3.05, 3.63) is 29.8 Å². The average molecular weight is 335 g/mol. The van der Waals surface area contributed by atoms with Gasteiger partial charge in [0.1, 0.15) is 11.4 Å². The summed E-state index contributed by atoms with van der Waals surface area (Å²) in [4.78, 5) is 11.8. The molecule has 0 heterocycles. The fourth-order valence-electron chi connectivity index (χ4n) is 1.80. The molecule has 1 aromatic rings. The lowest BCUT2D eigenvalue weighted by atomic mass is 10.0. The van der Waals surface area contributed by atoms with Crippen molar-refractivity contribution >= 4 is 6.09 Å². The van der Waals surface area contributed by atoms with Crippen molar-refractivity contribution in [2.24, 2.45) is 0 Å². The van der Waals surface area contributed by atoms with Crippen LogP contribution >= 0.6 is 0 Å². The summed E-state index contributed by atoms with van der Waals surface area (Å²) in [5, 5.41) is 11.7. The summed E-state index contributed by atoms with van der Waals surface area (Å²) in [5.74, 6) is -0.360. The third-order valence-corrected chi connectivity index (χ3v) is 2.62. The van der Waals surface area contributed by atoms with Crippen molar-refractivity contribution in [1.29, 1.82) is 0 Å². The first-order chi connectivity index (χ1) is 10.5. The third kappa shape index (κ3) is 7.73. The van der Waals surface area contributed by atoms with E-state index in [2.05, 4.69) is 10.1 Å². The van der Waals surface area contributed by atoms with Crippen LogP contribution in [0.3, 0.4) is 0 Å². The molecule has 0 aliphatic heterocycles. The summed E-state index contributed by atoms with van der Waals surface area (Å²) in [7, 11) is 0. The van der Waals surface area contributed by atoms with Crippen LogP contribution in [0.2, 0.25) is 0 Å². The number of carbonyl (C=O) groups is 1. The summed E-state index contributed by atoms with van der Waals surface area (Å²) in [6.07, 6.45) is -5.24. The van der Waals surface area contributed by atoms with Gasteiger partial charge in [0.2, 0.25) is 0 Å². The van der Waals surface area contributed by atoms with E-state index >= 15 is 0 Å². The van der Waals surface area contributed by atoms with Crippen LogP contribution in [0.5, 0.6) is 5.75 Å². The Morgan fingerprint density at radius 1 is 1.22 bits per heavy atom. The number of amides is 1. The highest BCUT2D eigenvalue weighted by Gasteiger charge is 2.31. The lowest BCUT2D eigenvalue weighted by Gasteiger charge is -2.23. The second-order valence-corrected chi connectivity index (χ2v) is 5.83. The Bertz CT molecular complexity index is 509. The standard InChI is InChI=1S/C15H20F3NO4/c1-14(2,3)23-13(21)19-12(8-9-20)10-4-6-11(7-5-10)22-15(16,17)18/h4-7,12,20H,8-9H2,1-3H3,(H,19,21)/t12-/m1/s1. The zero-order valence-electron chi connectivity index (χ0n) is 13.1. The molecule has 23 heavy (non-hydrogen) atoms. The smallest absolute Gasteiger partial charge is 0.444 e. The quantitative estimate of drug-likeness (QED) is 0.864. The maximum atomic E-state index is 12.1. The molecule has 1 atom stereocenters. The highest BCUT2D eigenvalue weighted by Crippen LogP contribution is 2.25. The number of aliphatic hydroxyl groups is 1. The fourth-order valence-corrected chi connectivity index (χ4v) is 1.80. The highest BCUT2D eigenvalue weighted by atomic mass is 19.4. The molecule has 0 bridgehead atoms. The molecule has 8 heteroatoms. The first-order valence-corrected chi connectivity index (χ1v) is 6.96. The molecule has 0 fully saturated rings. The molecule has 0 saturated heterocycles. The van der Waals surface area contributed by atoms with Crippen LogP contribution in [0.25, 0.3) is 0 Å². The van der Waals surface area contributed by atoms with E-state index in [1.54, 1.807) is 20.8 Å². The Morgan fingerprint density at radius 2 is 1.78 bits per heavy atom. The van der Waals surface area contributed by atoms with Crippen molar-refractivity contribution < 1.29 is 32.5 Å². The zero-order valence-corrected chi connectivity index (χ0v) is 13.1. The molecule has 5 nitrogen and oxygen atoms in total. The number of halogens is 3. The fraction of sp³-hybridized carbons (Fsp3) is 0.533. The number of alkyl halides is 3. The van der Waals surface area contributed by atoms with Crippen LogP contribution < -0.4 is 10.1 Å². The van der Waals surface area contributed by atoms with Gasteiger partial charge in [-0.1, -0.05) is 12.1 Å². The van der Waals surface area contributed by atoms with Crippen LogP contribution in [-0.2, 0) is 4.74 Å². The molecular weight excluding hydrogens is 315 g/mol. The van der Waals surface area contributed by atoms with Crippen molar-refractivity contribution in [1.82, 2.24) is 5.32 Å². The van der Waals surface area contributed by atoms with E-state index in [4.69, 9.17) is 9.84 Å². The minimum absolute atomic E-state index is 0.193. The molecule has 1 aromatic carbocycles. The molecule has 130 valence electrons. The number of alkyl carbamates (subject to hydrolysis) is 1. The first kappa shape index (κ1) is 19.1. The van der Waals surface area contributed by atoms with E-state index < -0.39 is 24.1 Å². The number of ether oxygens (including phenoxy) is 2. The van der Waals surface area contributed by atoms with E-state index in [0.29, 0.717) is 5.56 Å². The van der Waals surface area contributed by atoms with Gasteiger partial charge in [0.25, 0.3) is 0 Å². The van der Waals surface area contributed by atoms with Crippen LogP contribution in [0, 0.1) is 0 Å². The Balaban J connectivity index is 2.79. The average Bonchev–Trinajstić information content (AvgIpc) is 2.35. The number of hydrogen-bond acceptors (Lipinski definition) is 4. The Labute approximate surface area is 132 Å². The van der Waals surface area contributed by atoms with E-state index in [-0.39, 0.29) is 18.8 Å². The van der Waals surface area contributed by atoms with Gasteiger partial charge in [-0.05, 0) is 44.9 Å².